The molecule has 0 aliphatic carbocycles. The standard InChI is InChI=1S/C16H20BrClN2O/c17-14-10-12(18)3-4-13(14)16(21)20-8-5-11(6-9-20)15-2-1-7-19-15/h3-4,10-11,15,19H,1-2,5-9H2. The zero-order valence-corrected chi connectivity index (χ0v) is 14.3. The van der Waals surface area contributed by atoms with E-state index in [9.17, 15) is 4.79 Å². The Bertz CT molecular complexity index is 523. The van der Waals surface area contributed by atoms with Gasteiger partial charge >= 0.3 is 0 Å². The maximum atomic E-state index is 12.6. The van der Waals surface area contributed by atoms with Crippen LogP contribution in [0.1, 0.15) is 36.0 Å². The van der Waals surface area contributed by atoms with Crippen molar-refractivity contribution in [2.45, 2.75) is 31.7 Å². The maximum Gasteiger partial charge on any atom is 0.254 e. The zero-order chi connectivity index (χ0) is 14.8. The molecule has 21 heavy (non-hydrogen) atoms. The van der Waals surface area contributed by atoms with E-state index in [1.165, 1.54) is 12.8 Å². The van der Waals surface area contributed by atoms with Crippen LogP contribution in [0.3, 0.4) is 0 Å². The van der Waals surface area contributed by atoms with Gasteiger partial charge in [-0.05, 0) is 72.3 Å². The zero-order valence-electron chi connectivity index (χ0n) is 11.9. The van der Waals surface area contributed by atoms with Gasteiger partial charge in [0.2, 0.25) is 0 Å². The first-order valence-electron chi connectivity index (χ1n) is 7.63. The van der Waals surface area contributed by atoms with Gasteiger partial charge in [-0.15, -0.1) is 0 Å². The van der Waals surface area contributed by atoms with Crippen molar-refractivity contribution in [2.24, 2.45) is 5.92 Å². The number of benzene rings is 1. The van der Waals surface area contributed by atoms with Gasteiger partial charge in [-0.25, -0.2) is 0 Å². The molecule has 2 fully saturated rings. The Kier molecular flexibility index (Phi) is 4.87. The summed E-state index contributed by atoms with van der Waals surface area (Å²) >= 11 is 9.38. The fraction of sp³-hybridized carbons (Fsp3) is 0.562. The van der Waals surface area contributed by atoms with Gasteiger partial charge in [0.25, 0.3) is 5.91 Å². The summed E-state index contributed by atoms with van der Waals surface area (Å²) in [5.74, 6) is 0.835. The number of hydrogen-bond acceptors (Lipinski definition) is 2. The molecule has 0 saturated carbocycles. The molecule has 2 aliphatic heterocycles. The van der Waals surface area contributed by atoms with E-state index in [1.807, 2.05) is 4.90 Å². The van der Waals surface area contributed by atoms with Crippen molar-refractivity contribution in [1.29, 1.82) is 0 Å². The van der Waals surface area contributed by atoms with Gasteiger partial charge in [0.05, 0.1) is 5.56 Å². The quantitative estimate of drug-likeness (QED) is 0.859. The lowest BCUT2D eigenvalue weighted by molar-refractivity contribution is 0.0673. The number of carbonyl (C=O) groups is 1. The summed E-state index contributed by atoms with van der Waals surface area (Å²) in [7, 11) is 0. The highest BCUT2D eigenvalue weighted by atomic mass is 79.9. The van der Waals surface area contributed by atoms with Crippen LogP contribution in [0.25, 0.3) is 0 Å². The summed E-state index contributed by atoms with van der Waals surface area (Å²) in [6.07, 6.45) is 4.80. The van der Waals surface area contributed by atoms with Crippen molar-refractivity contribution >= 4 is 33.4 Å². The molecule has 0 radical (unpaired) electrons. The third kappa shape index (κ3) is 3.43. The first-order chi connectivity index (χ1) is 10.1. The van der Waals surface area contributed by atoms with E-state index < -0.39 is 0 Å². The number of likely N-dealkylation sites (tertiary alicyclic amines) is 1. The van der Waals surface area contributed by atoms with Crippen LogP contribution in [0.5, 0.6) is 0 Å². The van der Waals surface area contributed by atoms with E-state index in [2.05, 4.69) is 21.2 Å². The summed E-state index contributed by atoms with van der Waals surface area (Å²) in [4.78, 5) is 14.6. The molecule has 5 heteroatoms. The number of nitrogens with zero attached hydrogens (tertiary/aromatic N) is 1. The second kappa shape index (κ2) is 6.67. The van der Waals surface area contributed by atoms with Gasteiger partial charge < -0.3 is 10.2 Å². The Morgan fingerprint density at radius 2 is 2.05 bits per heavy atom. The molecular formula is C16H20BrClN2O. The minimum absolute atomic E-state index is 0.108. The first-order valence-corrected chi connectivity index (χ1v) is 8.80. The molecule has 1 atom stereocenters. The van der Waals surface area contributed by atoms with Crippen molar-refractivity contribution in [1.82, 2.24) is 10.2 Å². The summed E-state index contributed by atoms with van der Waals surface area (Å²) < 4.78 is 0.777. The van der Waals surface area contributed by atoms with E-state index in [0.29, 0.717) is 16.6 Å². The molecule has 114 valence electrons. The van der Waals surface area contributed by atoms with Crippen molar-refractivity contribution in [3.05, 3.63) is 33.3 Å². The molecule has 1 aromatic rings. The van der Waals surface area contributed by atoms with Crippen molar-refractivity contribution in [3.8, 4) is 0 Å². The molecule has 1 unspecified atom stereocenters. The molecule has 0 spiro atoms. The van der Waals surface area contributed by atoms with Crippen LogP contribution in [0.2, 0.25) is 5.02 Å². The van der Waals surface area contributed by atoms with Gasteiger partial charge in [-0.3, -0.25) is 4.79 Å². The van der Waals surface area contributed by atoms with Gasteiger partial charge in [0.1, 0.15) is 0 Å². The third-order valence-electron chi connectivity index (χ3n) is 4.66. The highest BCUT2D eigenvalue weighted by Gasteiger charge is 2.30. The number of rotatable bonds is 2. The Labute approximate surface area is 139 Å². The minimum Gasteiger partial charge on any atom is -0.339 e. The molecule has 3 rings (SSSR count). The van der Waals surface area contributed by atoms with Gasteiger partial charge in [-0.2, -0.15) is 0 Å². The molecule has 0 aromatic heterocycles. The van der Waals surface area contributed by atoms with Crippen molar-refractivity contribution in [3.63, 3.8) is 0 Å². The van der Waals surface area contributed by atoms with Crippen LogP contribution in [-0.4, -0.2) is 36.5 Å². The second-order valence-electron chi connectivity index (χ2n) is 5.96. The molecule has 0 bridgehead atoms. The second-order valence-corrected chi connectivity index (χ2v) is 7.25. The predicted octanol–water partition coefficient (Wildman–Crippen LogP) is 3.71. The van der Waals surface area contributed by atoms with E-state index in [1.54, 1.807) is 18.2 Å². The number of nitrogens with one attached hydrogen (secondary N) is 1. The number of piperidine rings is 1. The van der Waals surface area contributed by atoms with Gasteiger partial charge in [-0.1, -0.05) is 11.6 Å². The van der Waals surface area contributed by atoms with E-state index in [-0.39, 0.29) is 5.91 Å². The number of halogens is 2. The molecular weight excluding hydrogens is 352 g/mol. The van der Waals surface area contributed by atoms with Gasteiger partial charge in [0.15, 0.2) is 0 Å². The SMILES string of the molecule is O=C(c1ccc(Cl)cc1Br)N1CCC(C2CCCN2)CC1. The van der Waals surface area contributed by atoms with Crippen LogP contribution in [0, 0.1) is 5.92 Å². The highest BCUT2D eigenvalue weighted by Crippen LogP contribution is 2.28. The number of amides is 1. The Balaban J connectivity index is 1.62. The van der Waals surface area contributed by atoms with Crippen molar-refractivity contribution < 1.29 is 4.79 Å². The molecule has 2 saturated heterocycles. The summed E-state index contributed by atoms with van der Waals surface area (Å²) in [6, 6.07) is 6.03. The predicted molar refractivity (Wildman–Crippen MR) is 88.8 cm³/mol. The average molecular weight is 372 g/mol. The Morgan fingerprint density at radius 3 is 2.67 bits per heavy atom. The Morgan fingerprint density at radius 1 is 1.29 bits per heavy atom. The van der Waals surface area contributed by atoms with Crippen LogP contribution >= 0.6 is 27.5 Å². The first kappa shape index (κ1) is 15.3. The highest BCUT2D eigenvalue weighted by molar-refractivity contribution is 9.10. The average Bonchev–Trinajstić information content (AvgIpc) is 3.01. The fourth-order valence-electron chi connectivity index (χ4n) is 3.45. The lowest BCUT2D eigenvalue weighted by Gasteiger charge is -2.35. The summed E-state index contributed by atoms with van der Waals surface area (Å²) in [6.45, 7) is 2.87. The molecule has 1 N–H and O–H groups in total. The van der Waals surface area contributed by atoms with E-state index in [4.69, 9.17) is 11.6 Å². The lowest BCUT2D eigenvalue weighted by Crippen LogP contribution is -2.43. The molecule has 1 aromatic carbocycles. The summed E-state index contributed by atoms with van der Waals surface area (Å²) in [5.41, 5.74) is 0.705. The number of hydrogen-bond donors (Lipinski definition) is 1. The van der Waals surface area contributed by atoms with E-state index in [0.717, 1.165) is 42.9 Å². The largest absolute Gasteiger partial charge is 0.339 e. The van der Waals surface area contributed by atoms with Crippen LogP contribution in [0.15, 0.2) is 22.7 Å². The summed E-state index contributed by atoms with van der Waals surface area (Å²) in [5, 5.41) is 4.23. The number of carbonyl (C=O) groups excluding carboxylic acids is 1. The van der Waals surface area contributed by atoms with Crippen LogP contribution < -0.4 is 5.32 Å². The molecule has 3 nitrogen and oxygen atoms in total. The van der Waals surface area contributed by atoms with Crippen LogP contribution in [-0.2, 0) is 0 Å². The normalized spacial score (nSPS) is 23.5. The molecule has 2 aliphatic rings. The minimum atomic E-state index is 0.108. The van der Waals surface area contributed by atoms with E-state index >= 15 is 0 Å². The maximum absolute atomic E-state index is 12.6. The monoisotopic (exact) mass is 370 g/mol. The fourth-order valence-corrected chi connectivity index (χ4v) is 4.30. The van der Waals surface area contributed by atoms with Gasteiger partial charge in [0, 0.05) is 28.6 Å². The lowest BCUT2D eigenvalue weighted by atomic mass is 9.88. The Hall–Kier alpha value is -0.580. The smallest absolute Gasteiger partial charge is 0.254 e. The molecule has 2 heterocycles. The topological polar surface area (TPSA) is 32.3 Å². The van der Waals surface area contributed by atoms with Crippen molar-refractivity contribution in [2.75, 3.05) is 19.6 Å². The third-order valence-corrected chi connectivity index (χ3v) is 5.55. The van der Waals surface area contributed by atoms with Crippen LogP contribution in [0.4, 0.5) is 0 Å². The molecule has 1 amide bonds.